The first kappa shape index (κ1) is 24.9. The second kappa shape index (κ2) is 9.46. The Labute approximate surface area is 192 Å². The van der Waals surface area contributed by atoms with Crippen molar-refractivity contribution in [3.8, 4) is 0 Å². The highest BCUT2D eigenvalue weighted by Crippen LogP contribution is 2.55. The van der Waals surface area contributed by atoms with Gasteiger partial charge in [-0.15, -0.1) is 0 Å². The monoisotopic (exact) mass is 527 g/mol. The average molecular weight is 528 g/mol. The first-order valence-corrected chi connectivity index (χ1v) is 14.1. The van der Waals surface area contributed by atoms with Crippen molar-refractivity contribution in [2.75, 3.05) is 17.8 Å². The van der Waals surface area contributed by atoms with Gasteiger partial charge in [0.1, 0.15) is 24.1 Å². The van der Waals surface area contributed by atoms with E-state index in [0.29, 0.717) is 11.2 Å². The van der Waals surface area contributed by atoms with Crippen LogP contribution in [0.2, 0.25) is 5.28 Å². The molecule has 0 aromatic carbocycles. The number of aliphatic hydroxyl groups is 2. The molecule has 2 aliphatic rings. The molecule has 0 amide bonds. The Morgan fingerprint density at radius 3 is 2.55 bits per heavy atom. The van der Waals surface area contributed by atoms with Gasteiger partial charge in [0.15, 0.2) is 17.8 Å². The molecule has 1 saturated carbocycles. The van der Waals surface area contributed by atoms with Crippen LogP contribution < -0.4 is 5.32 Å². The standard InChI is InChI=1S/C16H24ClN5O9P2/c17-16-20-13(19-8-3-1-2-4-8)9-5-18-22(14(9)21-16)15-12(24)11(23)10(31-15)6-30-33(28,29)7-32(25,26)27/h5,8,10-12,15,23-24H,1-4,6-7H2,(H,28,29)(H,19,20,21)(H2,25,26,27)/t10-,11-,12-,15-/m1/s1. The molecule has 4 rings (SSSR count). The van der Waals surface area contributed by atoms with Crippen LogP contribution in [0.25, 0.3) is 11.0 Å². The molecule has 184 valence electrons. The fourth-order valence-corrected chi connectivity index (χ4v) is 6.72. The van der Waals surface area contributed by atoms with Crippen LogP contribution >= 0.6 is 26.8 Å². The predicted octanol–water partition coefficient (Wildman–Crippen LogP) is 0.791. The maximum atomic E-state index is 11.9. The Balaban J connectivity index is 1.53. The molecule has 1 unspecified atom stereocenters. The maximum absolute atomic E-state index is 11.9. The largest absolute Gasteiger partial charge is 0.387 e. The summed E-state index contributed by atoms with van der Waals surface area (Å²) in [5.41, 5.74) is 0.239. The molecule has 17 heteroatoms. The Morgan fingerprint density at radius 2 is 1.88 bits per heavy atom. The van der Waals surface area contributed by atoms with Crippen LogP contribution in [0.15, 0.2) is 6.20 Å². The lowest BCUT2D eigenvalue weighted by Gasteiger charge is -2.18. The summed E-state index contributed by atoms with van der Waals surface area (Å²) in [5, 5.41) is 28.8. The molecule has 2 fully saturated rings. The van der Waals surface area contributed by atoms with Gasteiger partial charge < -0.3 is 39.5 Å². The molecule has 33 heavy (non-hydrogen) atoms. The van der Waals surface area contributed by atoms with E-state index >= 15 is 0 Å². The minimum atomic E-state index is -4.81. The molecule has 3 heterocycles. The van der Waals surface area contributed by atoms with Crippen molar-refractivity contribution in [1.29, 1.82) is 0 Å². The van der Waals surface area contributed by atoms with E-state index in [1.807, 2.05) is 0 Å². The van der Waals surface area contributed by atoms with E-state index in [9.17, 15) is 24.2 Å². The minimum Gasteiger partial charge on any atom is -0.387 e. The van der Waals surface area contributed by atoms with Gasteiger partial charge in [0.2, 0.25) is 5.28 Å². The third-order valence-corrected chi connectivity index (χ3v) is 9.13. The summed E-state index contributed by atoms with van der Waals surface area (Å²) in [4.78, 5) is 35.8. The van der Waals surface area contributed by atoms with Crippen molar-refractivity contribution in [2.24, 2.45) is 0 Å². The minimum absolute atomic E-state index is 0.0590. The zero-order valence-corrected chi connectivity index (χ0v) is 19.7. The van der Waals surface area contributed by atoms with Crippen LogP contribution in [0.4, 0.5) is 5.82 Å². The second-order valence-electron chi connectivity index (χ2n) is 8.08. The highest BCUT2D eigenvalue weighted by Gasteiger charge is 2.46. The van der Waals surface area contributed by atoms with Crippen molar-refractivity contribution < 1.29 is 43.3 Å². The fraction of sp³-hybridized carbons (Fsp3) is 0.688. The van der Waals surface area contributed by atoms with Gasteiger partial charge in [-0.3, -0.25) is 9.13 Å². The first-order valence-electron chi connectivity index (χ1n) is 10.1. The van der Waals surface area contributed by atoms with Gasteiger partial charge in [-0.2, -0.15) is 15.1 Å². The molecule has 6 N–H and O–H groups in total. The van der Waals surface area contributed by atoms with Gasteiger partial charge in [0.05, 0.1) is 18.2 Å². The van der Waals surface area contributed by atoms with Gasteiger partial charge in [-0.25, -0.2) is 4.68 Å². The van der Waals surface area contributed by atoms with E-state index in [2.05, 4.69) is 20.4 Å². The third kappa shape index (κ3) is 5.73. The number of halogens is 1. The topological polar surface area (TPSA) is 209 Å². The van der Waals surface area contributed by atoms with Crippen molar-refractivity contribution in [2.45, 2.75) is 56.3 Å². The number of nitrogens with zero attached hydrogens (tertiary/aromatic N) is 4. The number of nitrogens with one attached hydrogen (secondary N) is 1. The molecule has 1 aliphatic heterocycles. The van der Waals surface area contributed by atoms with Crippen LogP contribution in [0, 0.1) is 0 Å². The van der Waals surface area contributed by atoms with Crippen molar-refractivity contribution in [3.05, 3.63) is 11.5 Å². The number of rotatable bonds is 8. The third-order valence-electron chi connectivity index (χ3n) is 5.50. The molecule has 2 aromatic rings. The van der Waals surface area contributed by atoms with Gasteiger partial charge in [-0.05, 0) is 24.4 Å². The number of fused-ring (bicyclic) bond motifs is 1. The molecule has 1 saturated heterocycles. The summed E-state index contributed by atoms with van der Waals surface area (Å²) < 4.78 is 34.4. The van der Waals surface area contributed by atoms with E-state index in [1.54, 1.807) is 0 Å². The quantitative estimate of drug-likeness (QED) is 0.207. The lowest BCUT2D eigenvalue weighted by Crippen LogP contribution is -2.33. The summed E-state index contributed by atoms with van der Waals surface area (Å²) in [6.45, 7) is -0.702. The number of hydrogen-bond acceptors (Lipinski definition) is 10. The van der Waals surface area contributed by atoms with E-state index in [-0.39, 0.29) is 17.0 Å². The summed E-state index contributed by atoms with van der Waals surface area (Å²) in [6, 6.07) is 0.238. The number of anilines is 1. The van der Waals surface area contributed by atoms with E-state index in [0.717, 1.165) is 25.7 Å². The molecule has 0 spiro atoms. The van der Waals surface area contributed by atoms with Crippen molar-refractivity contribution >= 4 is 43.6 Å². The van der Waals surface area contributed by atoms with E-state index < -0.39 is 52.2 Å². The zero-order valence-electron chi connectivity index (χ0n) is 17.1. The van der Waals surface area contributed by atoms with Gasteiger partial charge in [0.25, 0.3) is 0 Å². The average Bonchev–Trinajstić information content (AvgIpc) is 3.40. The van der Waals surface area contributed by atoms with Crippen LogP contribution in [-0.4, -0.2) is 81.5 Å². The summed E-state index contributed by atoms with van der Waals surface area (Å²) in [7, 11) is -9.48. The number of aliphatic hydroxyl groups excluding tert-OH is 2. The molecule has 0 radical (unpaired) electrons. The van der Waals surface area contributed by atoms with Crippen LogP contribution in [0.1, 0.15) is 31.9 Å². The highest BCUT2D eigenvalue weighted by atomic mass is 35.5. The Hall–Kier alpha value is -1.18. The zero-order chi connectivity index (χ0) is 24.0. The lowest BCUT2D eigenvalue weighted by atomic mass is 10.1. The van der Waals surface area contributed by atoms with E-state index in [1.165, 1.54) is 10.9 Å². The summed E-state index contributed by atoms with van der Waals surface area (Å²) in [5.74, 6) is -0.903. The molecule has 14 nitrogen and oxygen atoms in total. The van der Waals surface area contributed by atoms with Gasteiger partial charge >= 0.3 is 15.2 Å². The normalized spacial score (nSPS) is 28.4. The summed E-state index contributed by atoms with van der Waals surface area (Å²) >= 11 is 6.09. The van der Waals surface area contributed by atoms with Crippen molar-refractivity contribution in [1.82, 2.24) is 19.7 Å². The van der Waals surface area contributed by atoms with Crippen LogP contribution in [0.5, 0.6) is 0 Å². The predicted molar refractivity (Wildman–Crippen MR) is 115 cm³/mol. The number of aromatic nitrogens is 4. The molecule has 5 atom stereocenters. The lowest BCUT2D eigenvalue weighted by molar-refractivity contribution is -0.0541. The Bertz CT molecular complexity index is 1110. The van der Waals surface area contributed by atoms with Crippen LogP contribution in [-0.2, 0) is 18.4 Å². The number of hydrogen-bond donors (Lipinski definition) is 6. The first-order chi connectivity index (χ1) is 15.4. The van der Waals surface area contributed by atoms with Crippen molar-refractivity contribution in [3.63, 3.8) is 0 Å². The van der Waals surface area contributed by atoms with Gasteiger partial charge in [0, 0.05) is 6.04 Å². The SMILES string of the molecule is O=P(O)(O)CP(=O)(O)OC[C@H]1O[C@@H](n2ncc3c(NC4CCCC4)nc(Cl)nc32)[C@H](O)[C@@H]1O. The molecular formula is C16H24ClN5O9P2. The van der Waals surface area contributed by atoms with E-state index in [4.69, 9.17) is 30.6 Å². The Kier molecular flexibility index (Phi) is 7.15. The smallest absolute Gasteiger partial charge is 0.340 e. The molecular weight excluding hydrogens is 504 g/mol. The Morgan fingerprint density at radius 1 is 1.18 bits per heavy atom. The second-order valence-corrected chi connectivity index (χ2v) is 12.4. The highest BCUT2D eigenvalue weighted by molar-refractivity contribution is 7.70. The maximum Gasteiger partial charge on any atom is 0.340 e. The van der Waals surface area contributed by atoms with Gasteiger partial charge in [-0.1, -0.05) is 12.8 Å². The molecule has 1 aliphatic carbocycles. The molecule has 0 bridgehead atoms. The fourth-order valence-electron chi connectivity index (χ4n) is 3.99. The summed E-state index contributed by atoms with van der Waals surface area (Å²) in [6.07, 6.45) is 0.0926. The molecule has 2 aromatic heterocycles. The van der Waals surface area contributed by atoms with Crippen LogP contribution in [0.3, 0.4) is 0 Å². The number of ether oxygens (including phenoxy) is 1.